The number of aromatic amines is 1. The van der Waals surface area contributed by atoms with Gasteiger partial charge in [0.15, 0.2) is 0 Å². The molecule has 1 atom stereocenters. The molecule has 0 radical (unpaired) electrons. The second-order valence-electron chi connectivity index (χ2n) is 10.5. The fraction of sp³-hybridized carbons (Fsp3) is 0.364. The minimum absolute atomic E-state index is 0.351. The molecule has 3 aromatic carbocycles. The highest BCUT2D eigenvalue weighted by Crippen LogP contribution is 2.40. The fourth-order valence-corrected chi connectivity index (χ4v) is 5.96. The molecule has 0 unspecified atom stereocenters. The summed E-state index contributed by atoms with van der Waals surface area (Å²) in [5, 5.41) is 2.36. The molecule has 41 heavy (non-hydrogen) atoms. The van der Waals surface area contributed by atoms with Crippen LogP contribution in [0, 0.1) is 0 Å². The quantitative estimate of drug-likeness (QED) is 0.177. The molecule has 0 saturated carbocycles. The van der Waals surface area contributed by atoms with E-state index in [1.165, 1.54) is 18.4 Å². The van der Waals surface area contributed by atoms with Crippen molar-refractivity contribution in [2.24, 2.45) is 0 Å². The third-order valence-electron chi connectivity index (χ3n) is 7.51. The number of nitrogens with zero attached hydrogens (tertiary/aromatic N) is 2. The van der Waals surface area contributed by atoms with Gasteiger partial charge in [-0.05, 0) is 104 Å². The van der Waals surface area contributed by atoms with Crippen LogP contribution in [-0.4, -0.2) is 53.7 Å². The lowest BCUT2D eigenvalue weighted by Crippen LogP contribution is -2.42. The van der Waals surface area contributed by atoms with Crippen LogP contribution >= 0.6 is 23.2 Å². The van der Waals surface area contributed by atoms with Crippen LogP contribution in [0.1, 0.15) is 56.0 Å². The van der Waals surface area contributed by atoms with Crippen molar-refractivity contribution in [2.45, 2.75) is 45.6 Å². The molecule has 2 heterocycles. The van der Waals surface area contributed by atoms with Gasteiger partial charge in [-0.15, -0.1) is 0 Å². The average molecular weight is 595 g/mol. The number of benzene rings is 3. The van der Waals surface area contributed by atoms with Gasteiger partial charge >= 0.3 is 6.09 Å². The van der Waals surface area contributed by atoms with Crippen molar-refractivity contribution in [2.75, 3.05) is 32.8 Å². The minimum Gasteiger partial charge on any atom is -0.494 e. The summed E-state index contributed by atoms with van der Waals surface area (Å²) in [5.74, 6) is 1.27. The van der Waals surface area contributed by atoms with E-state index in [0.717, 1.165) is 54.0 Å². The Morgan fingerprint density at radius 2 is 1.61 bits per heavy atom. The minimum atomic E-state index is -0.413. The van der Waals surface area contributed by atoms with E-state index >= 15 is 0 Å². The first kappa shape index (κ1) is 29.3. The average Bonchev–Trinajstić information content (AvgIpc) is 3.34. The Morgan fingerprint density at radius 3 is 2.32 bits per heavy atom. The van der Waals surface area contributed by atoms with Crippen molar-refractivity contribution >= 4 is 40.2 Å². The van der Waals surface area contributed by atoms with Gasteiger partial charge < -0.3 is 19.4 Å². The normalized spacial score (nSPS) is 14.9. The SMILES string of the molecule is CCCN(CCC)CCCOc1ccc([C@H]2c3[nH]c4ccc(Cl)cc4c3CCN2C(=O)Oc2ccc(Cl)cc2)cc1. The van der Waals surface area contributed by atoms with Gasteiger partial charge in [-0.1, -0.05) is 49.2 Å². The zero-order chi connectivity index (χ0) is 28.8. The maximum Gasteiger partial charge on any atom is 0.416 e. The third kappa shape index (κ3) is 7.00. The van der Waals surface area contributed by atoms with Crippen molar-refractivity contribution in [1.29, 1.82) is 0 Å². The van der Waals surface area contributed by atoms with Crippen LogP contribution < -0.4 is 9.47 Å². The predicted octanol–water partition coefficient (Wildman–Crippen LogP) is 8.51. The molecular formula is C33H37Cl2N3O3. The monoisotopic (exact) mass is 593 g/mol. The molecule has 1 aliphatic heterocycles. The van der Waals surface area contributed by atoms with E-state index in [0.29, 0.717) is 35.4 Å². The van der Waals surface area contributed by atoms with Crippen LogP contribution in [0.25, 0.3) is 10.9 Å². The van der Waals surface area contributed by atoms with Crippen LogP contribution in [0.5, 0.6) is 11.5 Å². The smallest absolute Gasteiger partial charge is 0.416 e. The van der Waals surface area contributed by atoms with E-state index in [-0.39, 0.29) is 6.04 Å². The standard InChI is InChI=1S/C33H37Cl2N3O3/c1-3-17-37(18-4-2)19-5-21-40-26-11-6-23(7-12-26)32-31-28(29-22-25(35)10-15-30(29)36-31)16-20-38(32)33(39)41-27-13-8-24(34)9-14-27/h6-15,22,32,36H,3-5,16-21H2,1-2H3/t32-/m0/s1. The summed E-state index contributed by atoms with van der Waals surface area (Å²) < 4.78 is 11.9. The summed E-state index contributed by atoms with van der Waals surface area (Å²) in [6.07, 6.45) is 3.59. The number of aromatic nitrogens is 1. The van der Waals surface area contributed by atoms with Gasteiger partial charge in [-0.2, -0.15) is 0 Å². The highest BCUT2D eigenvalue weighted by Gasteiger charge is 2.35. The molecule has 1 N–H and O–H groups in total. The van der Waals surface area contributed by atoms with Gasteiger partial charge in [-0.3, -0.25) is 4.90 Å². The first-order valence-corrected chi connectivity index (χ1v) is 15.2. The summed E-state index contributed by atoms with van der Waals surface area (Å²) in [7, 11) is 0. The van der Waals surface area contributed by atoms with E-state index in [9.17, 15) is 4.79 Å². The van der Waals surface area contributed by atoms with Gasteiger partial charge in [0, 0.05) is 39.7 Å². The second kappa shape index (κ2) is 13.6. The molecule has 6 nitrogen and oxygen atoms in total. The Morgan fingerprint density at radius 1 is 0.927 bits per heavy atom. The topological polar surface area (TPSA) is 57.8 Å². The molecule has 0 aliphatic carbocycles. The van der Waals surface area contributed by atoms with Gasteiger partial charge in [0.1, 0.15) is 17.5 Å². The number of carbonyl (C=O) groups is 1. The summed E-state index contributed by atoms with van der Waals surface area (Å²) in [4.78, 5) is 21.4. The molecule has 8 heteroatoms. The van der Waals surface area contributed by atoms with E-state index in [1.54, 1.807) is 29.2 Å². The van der Waals surface area contributed by atoms with E-state index in [2.05, 4.69) is 23.7 Å². The number of nitrogens with one attached hydrogen (secondary N) is 1. The molecule has 0 fully saturated rings. The number of fused-ring (bicyclic) bond motifs is 3. The Balaban J connectivity index is 1.36. The summed E-state index contributed by atoms with van der Waals surface area (Å²) in [6.45, 7) is 8.91. The molecule has 1 amide bonds. The number of halogens is 2. The molecule has 216 valence electrons. The van der Waals surface area contributed by atoms with E-state index < -0.39 is 6.09 Å². The molecule has 0 bridgehead atoms. The van der Waals surface area contributed by atoms with Crippen LogP contribution in [-0.2, 0) is 6.42 Å². The van der Waals surface area contributed by atoms with Crippen molar-refractivity contribution < 1.29 is 14.3 Å². The number of hydrogen-bond acceptors (Lipinski definition) is 4. The molecule has 1 aliphatic rings. The number of carbonyl (C=O) groups excluding carboxylic acids is 1. The Hall–Kier alpha value is -3.19. The molecular weight excluding hydrogens is 557 g/mol. The first-order valence-electron chi connectivity index (χ1n) is 14.5. The number of H-pyrrole nitrogens is 1. The zero-order valence-corrected chi connectivity index (χ0v) is 25.2. The van der Waals surface area contributed by atoms with E-state index in [4.69, 9.17) is 32.7 Å². The molecule has 0 spiro atoms. The Bertz CT molecular complexity index is 1450. The van der Waals surface area contributed by atoms with Crippen molar-refractivity contribution in [3.05, 3.63) is 93.6 Å². The molecule has 0 saturated heterocycles. The lowest BCUT2D eigenvalue weighted by Gasteiger charge is -2.35. The summed E-state index contributed by atoms with van der Waals surface area (Å²) in [6, 6.07) is 20.4. The summed E-state index contributed by atoms with van der Waals surface area (Å²) in [5.41, 5.74) is 4.12. The highest BCUT2D eigenvalue weighted by atomic mass is 35.5. The van der Waals surface area contributed by atoms with Gasteiger partial charge in [0.05, 0.1) is 6.61 Å². The first-order chi connectivity index (χ1) is 20.0. The maximum absolute atomic E-state index is 13.5. The number of amides is 1. The van der Waals surface area contributed by atoms with Crippen molar-refractivity contribution in [3.63, 3.8) is 0 Å². The second-order valence-corrected chi connectivity index (χ2v) is 11.4. The van der Waals surface area contributed by atoms with Crippen LogP contribution in [0.15, 0.2) is 66.7 Å². The van der Waals surface area contributed by atoms with Gasteiger partial charge in [0.25, 0.3) is 0 Å². The van der Waals surface area contributed by atoms with Crippen molar-refractivity contribution in [1.82, 2.24) is 14.8 Å². The highest BCUT2D eigenvalue weighted by molar-refractivity contribution is 6.31. The maximum atomic E-state index is 13.5. The van der Waals surface area contributed by atoms with E-state index in [1.807, 2.05) is 42.5 Å². The Kier molecular flexibility index (Phi) is 9.76. The van der Waals surface area contributed by atoms with Crippen molar-refractivity contribution in [3.8, 4) is 11.5 Å². The molecule has 5 rings (SSSR count). The van der Waals surface area contributed by atoms with Crippen LogP contribution in [0.4, 0.5) is 4.79 Å². The van der Waals surface area contributed by atoms with Gasteiger partial charge in [-0.25, -0.2) is 4.79 Å². The van der Waals surface area contributed by atoms with Crippen LogP contribution in [0.3, 0.4) is 0 Å². The fourth-order valence-electron chi connectivity index (χ4n) is 5.66. The summed E-state index contributed by atoms with van der Waals surface area (Å²) >= 11 is 12.4. The molecule has 4 aromatic rings. The predicted molar refractivity (Wildman–Crippen MR) is 167 cm³/mol. The van der Waals surface area contributed by atoms with Gasteiger partial charge in [0.2, 0.25) is 0 Å². The lowest BCUT2D eigenvalue weighted by atomic mass is 9.92. The zero-order valence-electron chi connectivity index (χ0n) is 23.7. The number of rotatable bonds is 11. The molecule has 1 aromatic heterocycles. The third-order valence-corrected chi connectivity index (χ3v) is 7.99. The van der Waals surface area contributed by atoms with Crippen LogP contribution in [0.2, 0.25) is 10.0 Å². The number of hydrogen-bond donors (Lipinski definition) is 1. The number of ether oxygens (including phenoxy) is 2. The Labute approximate surface area is 252 Å². The largest absolute Gasteiger partial charge is 0.494 e. The lowest BCUT2D eigenvalue weighted by molar-refractivity contribution is 0.135.